The maximum Gasteiger partial charge on any atom is 0.340 e. The zero-order valence-corrected chi connectivity index (χ0v) is 18.5. The van der Waals surface area contributed by atoms with E-state index in [4.69, 9.17) is 23.8 Å². The third-order valence-electron chi connectivity index (χ3n) is 5.34. The van der Waals surface area contributed by atoms with Crippen LogP contribution in [0.1, 0.15) is 37.5 Å². The molecule has 0 aromatic carbocycles. The summed E-state index contributed by atoms with van der Waals surface area (Å²) in [4.78, 5) is 35.7. The fourth-order valence-electron chi connectivity index (χ4n) is 3.85. The van der Waals surface area contributed by atoms with Crippen LogP contribution in [-0.2, 0) is 18.4 Å². The van der Waals surface area contributed by atoms with E-state index >= 15 is 0 Å². The molecule has 2 fully saturated rings. The van der Waals surface area contributed by atoms with E-state index in [9.17, 15) is 24.2 Å². The second kappa shape index (κ2) is 9.05. The van der Waals surface area contributed by atoms with Crippen LogP contribution in [0, 0.1) is 0 Å². The van der Waals surface area contributed by atoms with E-state index in [1.165, 1.54) is 17.0 Å². The van der Waals surface area contributed by atoms with Crippen LogP contribution in [0.15, 0.2) is 12.5 Å². The Balaban J connectivity index is 1.49. The Morgan fingerprint density at radius 3 is 2.53 bits per heavy atom. The first kappa shape index (κ1) is 23.7. The maximum absolute atomic E-state index is 11.8. The Bertz CT molecular complexity index is 1050. The minimum atomic E-state index is -4.80. The molecule has 0 radical (unpaired) electrons. The largest absolute Gasteiger partial charge is 0.472 e. The third kappa shape index (κ3) is 5.19. The lowest BCUT2D eigenvalue weighted by Gasteiger charge is -2.18. The lowest BCUT2D eigenvalue weighted by Crippen LogP contribution is -2.33. The van der Waals surface area contributed by atoms with Gasteiger partial charge in [0, 0.05) is 0 Å². The van der Waals surface area contributed by atoms with Gasteiger partial charge in [-0.3, -0.25) is 9.13 Å². The third-order valence-corrected chi connectivity index (χ3v) is 8.79. The van der Waals surface area contributed by atoms with Gasteiger partial charge in [-0.1, -0.05) is 0 Å². The van der Waals surface area contributed by atoms with Crippen molar-refractivity contribution < 1.29 is 48.0 Å². The number of rotatable bonds is 8. The van der Waals surface area contributed by atoms with Crippen molar-refractivity contribution in [3.05, 3.63) is 18.2 Å². The Kier molecular flexibility index (Phi) is 6.70. The van der Waals surface area contributed by atoms with Crippen LogP contribution in [0.25, 0.3) is 5.65 Å². The fourth-order valence-corrected chi connectivity index (χ4v) is 6.42. The average Bonchev–Trinajstić information content (AvgIpc) is 3.41. The van der Waals surface area contributed by atoms with E-state index in [-0.39, 0.29) is 17.7 Å². The van der Waals surface area contributed by atoms with Crippen molar-refractivity contribution >= 4 is 20.8 Å². The molecule has 0 amide bonds. The number of ether oxygens (including phenoxy) is 2. The van der Waals surface area contributed by atoms with Crippen LogP contribution in [0.3, 0.4) is 0 Å². The molecule has 178 valence electrons. The summed E-state index contributed by atoms with van der Waals surface area (Å²) in [5.41, 5.74) is 0.594. The Hall–Kier alpha value is -1.47. The van der Waals surface area contributed by atoms with Crippen molar-refractivity contribution in [1.82, 2.24) is 19.6 Å². The summed E-state index contributed by atoms with van der Waals surface area (Å²) < 4.78 is 40.4. The topological polar surface area (TPSA) is 206 Å². The quantitative estimate of drug-likeness (QED) is 0.305. The average molecular weight is 494 g/mol. The van der Waals surface area contributed by atoms with E-state index in [0.29, 0.717) is 5.65 Å². The number of imidazole rings is 1. The zero-order chi connectivity index (χ0) is 23.1. The molecule has 2 aliphatic rings. The van der Waals surface area contributed by atoms with Crippen molar-refractivity contribution in [1.29, 1.82) is 0 Å². The second-order valence-corrected chi connectivity index (χ2v) is 11.8. The van der Waals surface area contributed by atoms with Crippen LogP contribution in [-0.4, -0.2) is 81.4 Å². The highest BCUT2D eigenvalue weighted by Gasteiger charge is 2.46. The summed E-state index contributed by atoms with van der Waals surface area (Å²) in [6, 6.07) is 0. The van der Waals surface area contributed by atoms with Gasteiger partial charge in [0.2, 0.25) is 5.65 Å². The molecule has 32 heavy (non-hydrogen) atoms. The zero-order valence-electron chi connectivity index (χ0n) is 16.7. The lowest BCUT2D eigenvalue weighted by atomic mass is 10.1. The summed E-state index contributed by atoms with van der Waals surface area (Å²) in [5, 5.41) is 24.9. The Morgan fingerprint density at radius 2 is 1.84 bits per heavy atom. The molecule has 1 aliphatic carbocycles. The molecule has 16 heteroatoms. The molecule has 1 aliphatic heterocycles. The van der Waals surface area contributed by atoms with E-state index in [0.717, 1.165) is 25.7 Å². The van der Waals surface area contributed by atoms with Crippen molar-refractivity contribution in [3.8, 4) is 5.88 Å². The second-order valence-electron chi connectivity index (χ2n) is 7.82. The molecule has 5 atom stereocenters. The minimum absolute atomic E-state index is 0.0350. The number of aliphatic hydroxyl groups excluding tert-OH is 2. The molecule has 5 N–H and O–H groups in total. The summed E-state index contributed by atoms with van der Waals surface area (Å²) >= 11 is 0. The molecule has 5 unspecified atom stereocenters. The smallest absolute Gasteiger partial charge is 0.340 e. The van der Waals surface area contributed by atoms with E-state index in [1.54, 1.807) is 0 Å². The molecule has 1 saturated heterocycles. The highest BCUT2D eigenvalue weighted by Crippen LogP contribution is 2.55. The number of aromatic nitrogens is 4. The van der Waals surface area contributed by atoms with Gasteiger partial charge in [-0.05, 0) is 25.7 Å². The normalized spacial score (nSPS) is 28.9. The standard InChI is InChI=1S/C16H24N4O10P2/c21-12-11(6-28-32(26,27)8-31(23,24)25)30-14(13(12)22)10-5-17-15-16(18-7-19-20(10)15)29-9-3-1-2-4-9/h5,7,9,11-14,21-22H,1-4,6,8H2,(H,26,27)(H2,23,24,25). The molecular weight excluding hydrogens is 470 g/mol. The summed E-state index contributed by atoms with van der Waals surface area (Å²) in [7, 11) is -9.44. The van der Waals surface area contributed by atoms with Gasteiger partial charge in [0.15, 0.2) is 5.90 Å². The molecule has 14 nitrogen and oxygen atoms in total. The van der Waals surface area contributed by atoms with Gasteiger partial charge in [0.1, 0.15) is 36.8 Å². The fraction of sp³-hybridized carbons (Fsp3) is 0.688. The van der Waals surface area contributed by atoms with Gasteiger partial charge in [-0.25, -0.2) is 9.50 Å². The summed E-state index contributed by atoms with van der Waals surface area (Å²) in [6.07, 6.45) is 1.37. The molecule has 1 saturated carbocycles. The number of fused-ring (bicyclic) bond motifs is 1. The molecule has 2 aromatic heterocycles. The molecule has 0 spiro atoms. The number of hydrogen-bond donors (Lipinski definition) is 5. The lowest BCUT2D eigenvalue weighted by molar-refractivity contribution is -0.0204. The molecule has 0 bridgehead atoms. The minimum Gasteiger partial charge on any atom is -0.472 e. The molecule has 4 rings (SSSR count). The Morgan fingerprint density at radius 1 is 1.12 bits per heavy atom. The summed E-state index contributed by atoms with van der Waals surface area (Å²) in [6.45, 7) is -0.676. The van der Waals surface area contributed by atoms with Crippen LogP contribution >= 0.6 is 15.2 Å². The van der Waals surface area contributed by atoms with Gasteiger partial charge in [0.25, 0.3) is 5.88 Å². The van der Waals surface area contributed by atoms with E-state index in [2.05, 4.69) is 15.1 Å². The molecule has 2 aromatic rings. The van der Waals surface area contributed by atoms with Crippen molar-refractivity contribution in [2.24, 2.45) is 0 Å². The number of aliphatic hydroxyl groups is 2. The van der Waals surface area contributed by atoms with Gasteiger partial charge < -0.3 is 38.9 Å². The molecule has 3 heterocycles. The number of nitrogens with zero attached hydrogens (tertiary/aromatic N) is 4. The van der Waals surface area contributed by atoms with Gasteiger partial charge in [-0.15, -0.1) is 0 Å². The van der Waals surface area contributed by atoms with Crippen LogP contribution in [0.5, 0.6) is 5.88 Å². The first-order chi connectivity index (χ1) is 15.0. The van der Waals surface area contributed by atoms with Crippen molar-refractivity contribution in [2.45, 2.75) is 56.2 Å². The highest BCUT2D eigenvalue weighted by molar-refractivity contribution is 7.70. The predicted molar refractivity (Wildman–Crippen MR) is 106 cm³/mol. The maximum atomic E-state index is 11.8. The van der Waals surface area contributed by atoms with Crippen molar-refractivity contribution in [2.75, 3.05) is 12.5 Å². The van der Waals surface area contributed by atoms with Crippen LogP contribution < -0.4 is 4.74 Å². The Labute approximate surface area is 181 Å². The predicted octanol–water partition coefficient (Wildman–Crippen LogP) is -0.0554. The van der Waals surface area contributed by atoms with E-state index in [1.807, 2.05) is 0 Å². The monoisotopic (exact) mass is 494 g/mol. The van der Waals surface area contributed by atoms with Gasteiger partial charge in [0.05, 0.1) is 18.5 Å². The van der Waals surface area contributed by atoms with Crippen LogP contribution in [0.2, 0.25) is 0 Å². The van der Waals surface area contributed by atoms with Gasteiger partial charge in [-0.2, -0.15) is 10.1 Å². The van der Waals surface area contributed by atoms with Gasteiger partial charge >= 0.3 is 15.2 Å². The summed E-state index contributed by atoms with van der Waals surface area (Å²) in [5.74, 6) is -1.09. The first-order valence-corrected chi connectivity index (χ1v) is 13.5. The van der Waals surface area contributed by atoms with Crippen LogP contribution in [0.4, 0.5) is 0 Å². The number of hydrogen-bond acceptors (Lipinski definition) is 10. The molecular formula is C16H24N4O10P2. The first-order valence-electron chi connectivity index (χ1n) is 9.92. The highest BCUT2D eigenvalue weighted by atomic mass is 31.2. The van der Waals surface area contributed by atoms with E-state index < -0.39 is 52.1 Å². The van der Waals surface area contributed by atoms with Crippen molar-refractivity contribution in [3.63, 3.8) is 0 Å². The SMILES string of the molecule is O=P(O)(O)CP(=O)(O)OCC1OC(c2cnc3c(OC4CCCC4)ncnn23)C(O)C1O.